The number of aryl methyl sites for hydroxylation is 1. The Balaban J connectivity index is 1.26. The molecule has 4 heterocycles. The summed E-state index contributed by atoms with van der Waals surface area (Å²) in [5.74, 6) is 0.0182. The Bertz CT molecular complexity index is 2030. The fourth-order valence-electron chi connectivity index (χ4n) is 8.85. The molecule has 2 amide bonds. The Morgan fingerprint density at radius 1 is 1.19 bits per heavy atom. The van der Waals surface area contributed by atoms with Crippen molar-refractivity contribution in [3.63, 3.8) is 0 Å². The van der Waals surface area contributed by atoms with Gasteiger partial charge in [0, 0.05) is 55.1 Å². The van der Waals surface area contributed by atoms with Crippen molar-refractivity contribution in [2.24, 2.45) is 5.92 Å². The van der Waals surface area contributed by atoms with Crippen molar-refractivity contribution in [1.82, 2.24) is 20.3 Å². The average Bonchev–Trinajstić information content (AvgIpc) is 3.96. The summed E-state index contributed by atoms with van der Waals surface area (Å²) >= 11 is 0. The van der Waals surface area contributed by atoms with E-state index in [4.69, 9.17) is 9.47 Å². The fraction of sp³-hybridized carbons (Fsp3) is 0.436. The summed E-state index contributed by atoms with van der Waals surface area (Å²) in [6.07, 6.45) is 4.04. The standard InChI is InChI=1S/C39H47N7O7Si/c1-25-36(54(3,4)31-13-11-30(52-2)12-14-31)35(16-19-44-24-28(17-20-47)42-43-44)53-39(25)32-22-29(46(50)51)10-15-34(32)45(38(39)49)23-26-7-5-8-27(21-26)41-37(48)33-9-6-18-40-33/h5,7-8,10-15,21-22,24-25,33,35-36,40,47H,6,9,16-20,23H2,1-4H3,(H,41,48)/t25-,33+,35+,36-,39+/m0/s1. The molecule has 3 aliphatic heterocycles. The van der Waals surface area contributed by atoms with E-state index in [-0.39, 0.29) is 48.2 Å². The molecule has 3 aromatic carbocycles. The third kappa shape index (κ3) is 6.80. The third-order valence-electron chi connectivity index (χ3n) is 11.5. The van der Waals surface area contributed by atoms with E-state index in [0.717, 1.165) is 30.7 Å². The summed E-state index contributed by atoms with van der Waals surface area (Å²) in [5, 5.41) is 37.5. The van der Waals surface area contributed by atoms with Crippen LogP contribution >= 0.6 is 0 Å². The number of amides is 2. The number of ether oxygens (including phenoxy) is 2. The SMILES string of the molecule is COc1ccc([Si](C)(C)[C@@H]2[C@@H](CCn3cc(CCO)nn3)O[C@]3(C(=O)N(Cc4cccc(NC(=O)[C@H]5CCCN5)c4)c4ccc([N+](=O)[O-])cc43)[C@H]2C)cc1. The van der Waals surface area contributed by atoms with Crippen LogP contribution < -0.4 is 25.5 Å². The number of hydrogen-bond donors (Lipinski definition) is 3. The number of benzene rings is 3. The van der Waals surface area contributed by atoms with Gasteiger partial charge >= 0.3 is 0 Å². The number of methoxy groups -OCH3 is 1. The van der Waals surface area contributed by atoms with E-state index in [2.05, 4.69) is 53.1 Å². The van der Waals surface area contributed by atoms with Gasteiger partial charge in [0.15, 0.2) is 5.60 Å². The number of nitrogens with one attached hydrogen (secondary N) is 2. The van der Waals surface area contributed by atoms with Crippen LogP contribution in [-0.4, -0.2) is 77.3 Å². The molecular formula is C39H47N7O7Si. The van der Waals surface area contributed by atoms with Crippen molar-refractivity contribution in [3.8, 4) is 5.75 Å². The van der Waals surface area contributed by atoms with Gasteiger partial charge in [0.25, 0.3) is 11.6 Å². The normalized spacial score (nSPS) is 23.6. The first-order chi connectivity index (χ1) is 26.0. The molecule has 284 valence electrons. The zero-order valence-electron chi connectivity index (χ0n) is 31.0. The molecular weight excluding hydrogens is 707 g/mol. The van der Waals surface area contributed by atoms with Crippen LogP contribution in [0.15, 0.2) is 72.9 Å². The molecule has 2 saturated heterocycles. The van der Waals surface area contributed by atoms with Crippen LogP contribution in [0.25, 0.3) is 0 Å². The number of hydrogen-bond acceptors (Lipinski definition) is 10. The first-order valence-electron chi connectivity index (χ1n) is 18.5. The molecule has 5 atom stereocenters. The minimum Gasteiger partial charge on any atom is -0.497 e. The lowest BCUT2D eigenvalue weighted by Gasteiger charge is -2.37. The van der Waals surface area contributed by atoms with E-state index in [9.17, 15) is 20.0 Å². The van der Waals surface area contributed by atoms with Crippen LogP contribution in [-0.2, 0) is 39.4 Å². The molecule has 1 spiro atoms. The first kappa shape index (κ1) is 37.4. The second-order valence-corrected chi connectivity index (χ2v) is 19.8. The lowest BCUT2D eigenvalue weighted by molar-refractivity contribution is -0.385. The van der Waals surface area contributed by atoms with E-state index in [0.29, 0.717) is 42.0 Å². The maximum atomic E-state index is 15.2. The average molecular weight is 754 g/mol. The van der Waals surface area contributed by atoms with Gasteiger partial charge in [0.2, 0.25) is 5.91 Å². The summed E-state index contributed by atoms with van der Waals surface area (Å²) in [5.41, 5.74) is 1.46. The number of nitro benzene ring substituents is 1. The highest BCUT2D eigenvalue weighted by Crippen LogP contribution is 2.60. The van der Waals surface area contributed by atoms with Crippen LogP contribution in [0.5, 0.6) is 5.75 Å². The second-order valence-electron chi connectivity index (χ2n) is 15.1. The summed E-state index contributed by atoms with van der Waals surface area (Å²) < 4.78 is 14.4. The Morgan fingerprint density at radius 2 is 1.98 bits per heavy atom. The van der Waals surface area contributed by atoms with Gasteiger partial charge in [-0.25, -0.2) is 0 Å². The van der Waals surface area contributed by atoms with Gasteiger partial charge in [-0.15, -0.1) is 5.10 Å². The van der Waals surface area contributed by atoms with Crippen molar-refractivity contribution in [2.45, 2.75) is 82.1 Å². The molecule has 0 saturated carbocycles. The number of non-ortho nitro benzene ring substituents is 1. The number of aromatic nitrogens is 3. The van der Waals surface area contributed by atoms with Crippen LogP contribution in [0.4, 0.5) is 17.1 Å². The number of anilines is 2. The van der Waals surface area contributed by atoms with Crippen molar-refractivity contribution < 1.29 is 29.1 Å². The maximum absolute atomic E-state index is 15.2. The molecule has 4 aromatic rings. The Hall–Kier alpha value is -4.96. The van der Waals surface area contributed by atoms with Gasteiger partial charge in [0.05, 0.1) is 50.2 Å². The number of carbonyl (C=O) groups excluding carboxylic acids is 2. The lowest BCUT2D eigenvalue weighted by Crippen LogP contribution is -2.51. The monoisotopic (exact) mass is 753 g/mol. The predicted molar refractivity (Wildman–Crippen MR) is 205 cm³/mol. The molecule has 1 aromatic heterocycles. The molecule has 3 aliphatic rings. The molecule has 2 fully saturated rings. The van der Waals surface area contributed by atoms with Crippen molar-refractivity contribution in [2.75, 3.05) is 30.5 Å². The van der Waals surface area contributed by atoms with E-state index >= 15 is 4.79 Å². The van der Waals surface area contributed by atoms with Crippen LogP contribution in [0.1, 0.15) is 43.0 Å². The number of nitrogens with zero attached hydrogens (tertiary/aromatic N) is 5. The van der Waals surface area contributed by atoms with E-state index in [1.165, 1.54) is 17.3 Å². The van der Waals surface area contributed by atoms with Gasteiger partial charge in [0.1, 0.15) is 5.75 Å². The Morgan fingerprint density at radius 3 is 2.69 bits per heavy atom. The smallest absolute Gasteiger partial charge is 0.269 e. The molecule has 14 nitrogen and oxygen atoms in total. The minimum absolute atomic E-state index is 0.0325. The highest BCUT2D eigenvalue weighted by Gasteiger charge is 2.66. The number of fused-ring (bicyclic) bond motifs is 2. The van der Waals surface area contributed by atoms with Crippen LogP contribution in [0.3, 0.4) is 0 Å². The van der Waals surface area contributed by atoms with Crippen molar-refractivity contribution in [3.05, 3.63) is 99.9 Å². The predicted octanol–water partition coefficient (Wildman–Crippen LogP) is 4.27. The van der Waals surface area contributed by atoms with Crippen LogP contribution in [0.2, 0.25) is 18.6 Å². The molecule has 0 radical (unpaired) electrons. The summed E-state index contributed by atoms with van der Waals surface area (Å²) in [4.78, 5) is 41.5. The maximum Gasteiger partial charge on any atom is 0.269 e. The largest absolute Gasteiger partial charge is 0.497 e. The van der Waals surface area contributed by atoms with Gasteiger partial charge in [-0.05, 0) is 67.2 Å². The zero-order chi connectivity index (χ0) is 38.2. The van der Waals surface area contributed by atoms with Gasteiger partial charge in [-0.2, -0.15) is 0 Å². The highest BCUT2D eigenvalue weighted by atomic mass is 28.3. The molecule has 15 heteroatoms. The fourth-order valence-corrected chi connectivity index (χ4v) is 12.9. The summed E-state index contributed by atoms with van der Waals surface area (Å²) in [6, 6.07) is 19.9. The number of carbonyl (C=O) groups is 2. The molecule has 54 heavy (non-hydrogen) atoms. The quantitative estimate of drug-likeness (QED) is 0.102. The molecule has 0 bridgehead atoms. The molecule has 7 rings (SSSR count). The minimum atomic E-state index is -2.47. The van der Waals surface area contributed by atoms with Crippen LogP contribution in [0, 0.1) is 16.0 Å². The molecule has 3 N–H and O–H groups in total. The van der Waals surface area contributed by atoms with E-state index in [1.54, 1.807) is 22.8 Å². The molecule has 0 unspecified atom stereocenters. The van der Waals surface area contributed by atoms with Gasteiger partial charge in [-0.1, -0.05) is 54.7 Å². The van der Waals surface area contributed by atoms with Gasteiger partial charge < -0.3 is 30.1 Å². The Labute approximate surface area is 315 Å². The zero-order valence-corrected chi connectivity index (χ0v) is 32.0. The lowest BCUT2D eigenvalue weighted by atomic mass is 9.82. The van der Waals surface area contributed by atoms with Gasteiger partial charge in [-0.3, -0.25) is 24.4 Å². The summed E-state index contributed by atoms with van der Waals surface area (Å²) in [7, 11) is -0.840. The van der Waals surface area contributed by atoms with E-state index < -0.39 is 24.7 Å². The number of aliphatic hydroxyl groups is 1. The van der Waals surface area contributed by atoms with Crippen molar-refractivity contribution >= 4 is 42.1 Å². The first-order valence-corrected chi connectivity index (χ1v) is 21.6. The van der Waals surface area contributed by atoms with Crippen molar-refractivity contribution in [1.29, 1.82) is 0 Å². The topological polar surface area (TPSA) is 174 Å². The Kier molecular flexibility index (Phi) is 10.4. The summed E-state index contributed by atoms with van der Waals surface area (Å²) in [6.45, 7) is 8.03. The number of nitro groups is 1. The molecule has 0 aliphatic carbocycles. The third-order valence-corrected chi connectivity index (χ3v) is 15.9. The highest BCUT2D eigenvalue weighted by molar-refractivity contribution is 6.91. The van der Waals surface area contributed by atoms with E-state index in [1.807, 2.05) is 42.6 Å². The number of aliphatic hydroxyl groups excluding tert-OH is 1. The second kappa shape index (κ2) is 15.0. The number of rotatable bonds is 13.